The van der Waals surface area contributed by atoms with Gasteiger partial charge in [0.05, 0.1) is 16.3 Å². The molecule has 0 aliphatic heterocycles. The number of benzene rings is 1. The molecule has 1 aliphatic rings. The van der Waals surface area contributed by atoms with E-state index in [0.717, 1.165) is 12.2 Å². The summed E-state index contributed by atoms with van der Waals surface area (Å²) in [7, 11) is 0. The Balaban J connectivity index is 2.03. The van der Waals surface area contributed by atoms with Crippen LogP contribution in [-0.4, -0.2) is 28.6 Å². The Kier molecular flexibility index (Phi) is 4.07. The maximum Gasteiger partial charge on any atom is 0.335 e. The van der Waals surface area contributed by atoms with Crippen molar-refractivity contribution in [3.05, 3.63) is 28.8 Å². The zero-order valence-corrected chi connectivity index (χ0v) is 11.8. The van der Waals surface area contributed by atoms with E-state index in [0.29, 0.717) is 9.77 Å². The van der Waals surface area contributed by atoms with E-state index < -0.39 is 5.97 Å². The monoisotopic (exact) mass is 285 g/mol. The first-order chi connectivity index (χ1) is 8.56. The maximum absolute atomic E-state index is 10.8. The molecule has 1 fully saturated rings. The Morgan fingerprint density at radius 1 is 1.56 bits per heavy atom. The lowest BCUT2D eigenvalue weighted by atomic mass is 9.84. The molecular weight excluding hydrogens is 270 g/mol. The largest absolute Gasteiger partial charge is 0.478 e. The molecule has 0 aromatic heterocycles. The van der Waals surface area contributed by atoms with Crippen LogP contribution < -0.4 is 5.32 Å². The van der Waals surface area contributed by atoms with E-state index in [4.69, 9.17) is 16.7 Å². The number of thioether (sulfide) groups is 1. The van der Waals surface area contributed by atoms with Crippen molar-refractivity contribution in [1.82, 2.24) is 0 Å². The second-order valence-corrected chi connectivity index (χ2v) is 6.28. The van der Waals surface area contributed by atoms with Crippen molar-refractivity contribution >= 4 is 35.0 Å². The summed E-state index contributed by atoms with van der Waals surface area (Å²) in [5.74, 6) is -0.956. The minimum absolute atomic E-state index is 0.216. The third-order valence-corrected chi connectivity index (χ3v) is 5.25. The lowest BCUT2D eigenvalue weighted by Crippen LogP contribution is -2.40. The quantitative estimate of drug-likeness (QED) is 0.865. The Labute approximate surface area is 116 Å². The van der Waals surface area contributed by atoms with E-state index in [9.17, 15) is 4.79 Å². The second kappa shape index (κ2) is 5.41. The number of carbonyl (C=O) groups is 1. The van der Waals surface area contributed by atoms with Gasteiger partial charge in [0.25, 0.3) is 0 Å². The van der Waals surface area contributed by atoms with Crippen molar-refractivity contribution in [2.24, 2.45) is 0 Å². The number of hydrogen-bond donors (Lipinski definition) is 2. The molecule has 0 saturated heterocycles. The molecule has 2 N–H and O–H groups in total. The fraction of sp³-hybridized carbons (Fsp3) is 0.462. The molecule has 0 heterocycles. The summed E-state index contributed by atoms with van der Waals surface area (Å²) in [6.07, 6.45) is 5.88. The minimum atomic E-state index is -0.956. The summed E-state index contributed by atoms with van der Waals surface area (Å²) >= 11 is 7.97. The molecule has 5 heteroatoms. The van der Waals surface area contributed by atoms with Crippen LogP contribution in [0.25, 0.3) is 0 Å². The zero-order chi connectivity index (χ0) is 13.2. The van der Waals surface area contributed by atoms with Crippen molar-refractivity contribution in [2.75, 3.05) is 18.1 Å². The predicted molar refractivity (Wildman–Crippen MR) is 77.0 cm³/mol. The Bertz CT molecular complexity index is 455. The number of carboxylic acids is 1. The first-order valence-corrected chi connectivity index (χ1v) is 7.48. The third kappa shape index (κ3) is 2.75. The first-order valence-electron chi connectivity index (χ1n) is 5.88. The lowest BCUT2D eigenvalue weighted by molar-refractivity contribution is 0.0697. The number of carboxylic acid groups (broad SMARTS) is 1. The normalized spacial score (nSPS) is 17.0. The molecule has 1 saturated carbocycles. The van der Waals surface area contributed by atoms with Crippen LogP contribution in [0.4, 0.5) is 5.69 Å². The number of nitrogens with one attached hydrogen (secondary N) is 1. The van der Waals surface area contributed by atoms with Crippen molar-refractivity contribution in [3.63, 3.8) is 0 Å². The summed E-state index contributed by atoms with van der Waals surface area (Å²) in [5, 5.41) is 12.7. The van der Waals surface area contributed by atoms with E-state index in [1.165, 1.54) is 25.3 Å². The van der Waals surface area contributed by atoms with Gasteiger partial charge in [-0.2, -0.15) is 11.8 Å². The molecule has 2 rings (SSSR count). The average molecular weight is 286 g/mol. The van der Waals surface area contributed by atoms with Gasteiger partial charge < -0.3 is 10.4 Å². The zero-order valence-electron chi connectivity index (χ0n) is 10.2. The summed E-state index contributed by atoms with van der Waals surface area (Å²) in [4.78, 5) is 10.8. The van der Waals surface area contributed by atoms with Crippen molar-refractivity contribution in [2.45, 2.75) is 24.0 Å². The number of aromatic carboxylic acids is 1. The van der Waals surface area contributed by atoms with E-state index in [-0.39, 0.29) is 5.56 Å². The van der Waals surface area contributed by atoms with E-state index in [2.05, 4.69) is 11.6 Å². The Hall–Kier alpha value is -0.870. The fourth-order valence-corrected chi connectivity index (χ4v) is 3.23. The highest BCUT2D eigenvalue weighted by Gasteiger charge is 2.35. The summed E-state index contributed by atoms with van der Waals surface area (Å²) in [6.45, 7) is 0.875. The second-order valence-electron chi connectivity index (χ2n) is 4.59. The number of hydrogen-bond acceptors (Lipinski definition) is 3. The van der Waals surface area contributed by atoms with Crippen LogP contribution in [0.5, 0.6) is 0 Å². The van der Waals surface area contributed by atoms with Crippen LogP contribution in [0.1, 0.15) is 29.6 Å². The highest BCUT2D eigenvalue weighted by molar-refractivity contribution is 8.00. The van der Waals surface area contributed by atoms with Crippen molar-refractivity contribution in [1.29, 1.82) is 0 Å². The van der Waals surface area contributed by atoms with Crippen molar-refractivity contribution in [3.8, 4) is 0 Å². The third-order valence-electron chi connectivity index (χ3n) is 3.51. The molecule has 1 aliphatic carbocycles. The van der Waals surface area contributed by atoms with E-state index >= 15 is 0 Å². The maximum atomic E-state index is 10.8. The molecule has 0 amide bonds. The SMILES string of the molecule is CSC1(CNc2ccc(C(=O)O)cc2Cl)CCC1. The Morgan fingerprint density at radius 3 is 2.72 bits per heavy atom. The van der Waals surface area contributed by atoms with Gasteiger partial charge in [-0.15, -0.1) is 0 Å². The average Bonchev–Trinajstić information content (AvgIpc) is 2.29. The number of anilines is 1. The molecule has 1 aromatic carbocycles. The van der Waals surface area contributed by atoms with E-state index in [1.54, 1.807) is 12.1 Å². The summed E-state index contributed by atoms with van der Waals surface area (Å²) in [5.41, 5.74) is 1.02. The van der Waals surface area contributed by atoms with Crippen LogP contribution in [0, 0.1) is 0 Å². The number of rotatable bonds is 5. The standard InChI is InChI=1S/C13H16ClNO2S/c1-18-13(5-2-6-13)8-15-11-4-3-9(12(16)17)7-10(11)14/h3-4,7,15H,2,5-6,8H2,1H3,(H,16,17). The molecule has 3 nitrogen and oxygen atoms in total. The van der Waals surface area contributed by atoms with Crippen molar-refractivity contribution < 1.29 is 9.90 Å². The van der Waals surface area contributed by atoms with Gasteiger partial charge in [0.2, 0.25) is 0 Å². The highest BCUT2D eigenvalue weighted by atomic mass is 35.5. The van der Waals surface area contributed by atoms with Crippen LogP contribution in [0.2, 0.25) is 5.02 Å². The molecule has 0 bridgehead atoms. The van der Waals surface area contributed by atoms with Crippen LogP contribution in [0.15, 0.2) is 18.2 Å². The molecule has 0 radical (unpaired) electrons. The van der Waals surface area contributed by atoms with Gasteiger partial charge in [0.15, 0.2) is 0 Å². The van der Waals surface area contributed by atoms with Gasteiger partial charge in [-0.05, 0) is 37.3 Å². The molecular formula is C13H16ClNO2S. The van der Waals surface area contributed by atoms with Gasteiger partial charge in [0.1, 0.15) is 0 Å². The smallest absolute Gasteiger partial charge is 0.335 e. The summed E-state index contributed by atoms with van der Waals surface area (Å²) < 4.78 is 0.328. The summed E-state index contributed by atoms with van der Waals surface area (Å²) in [6, 6.07) is 4.79. The topological polar surface area (TPSA) is 49.3 Å². The van der Waals surface area contributed by atoms with Crippen LogP contribution >= 0.6 is 23.4 Å². The van der Waals surface area contributed by atoms with Gasteiger partial charge in [0, 0.05) is 11.3 Å². The van der Waals surface area contributed by atoms with Gasteiger partial charge in [-0.1, -0.05) is 18.0 Å². The van der Waals surface area contributed by atoms with Crippen LogP contribution in [-0.2, 0) is 0 Å². The van der Waals surface area contributed by atoms with E-state index in [1.807, 2.05) is 11.8 Å². The number of halogens is 1. The first kappa shape index (κ1) is 13.6. The van der Waals surface area contributed by atoms with Gasteiger partial charge in [-0.25, -0.2) is 4.79 Å². The molecule has 0 spiro atoms. The van der Waals surface area contributed by atoms with Gasteiger partial charge in [-0.3, -0.25) is 0 Å². The lowest BCUT2D eigenvalue weighted by Gasteiger charge is -2.40. The molecule has 0 unspecified atom stereocenters. The fourth-order valence-electron chi connectivity index (χ4n) is 2.07. The van der Waals surface area contributed by atoms with Crippen LogP contribution in [0.3, 0.4) is 0 Å². The highest BCUT2D eigenvalue weighted by Crippen LogP contribution is 2.43. The minimum Gasteiger partial charge on any atom is -0.478 e. The van der Waals surface area contributed by atoms with Gasteiger partial charge >= 0.3 is 5.97 Å². The molecule has 18 heavy (non-hydrogen) atoms. The molecule has 1 aromatic rings. The predicted octanol–water partition coefficient (Wildman–Crippen LogP) is 3.74. The molecule has 98 valence electrons. The molecule has 0 atom stereocenters. The Morgan fingerprint density at radius 2 is 2.28 bits per heavy atom.